The van der Waals surface area contributed by atoms with Gasteiger partial charge in [-0.1, -0.05) is 23.7 Å². The summed E-state index contributed by atoms with van der Waals surface area (Å²) >= 11 is 6.15. The fraction of sp³-hybridized carbons (Fsp3) is 0.0625. The lowest BCUT2D eigenvalue weighted by Gasteiger charge is -2.08. The average Bonchev–Trinajstić information content (AvgIpc) is 2.91. The van der Waals surface area contributed by atoms with Gasteiger partial charge in [-0.15, -0.1) is 0 Å². The van der Waals surface area contributed by atoms with Crippen molar-refractivity contribution in [3.63, 3.8) is 0 Å². The van der Waals surface area contributed by atoms with Gasteiger partial charge in [0.15, 0.2) is 0 Å². The number of nitrogens with one attached hydrogen (secondary N) is 1. The molecule has 0 amide bonds. The zero-order valence-electron chi connectivity index (χ0n) is 11.1. The van der Waals surface area contributed by atoms with E-state index in [2.05, 4.69) is 4.98 Å². The summed E-state index contributed by atoms with van der Waals surface area (Å²) in [5.41, 5.74) is 0.945. The Labute approximate surface area is 125 Å². The highest BCUT2D eigenvalue weighted by atomic mass is 35.5. The summed E-state index contributed by atoms with van der Waals surface area (Å²) in [4.78, 5) is 15.6. The first-order chi connectivity index (χ1) is 10.1. The van der Waals surface area contributed by atoms with Crippen LogP contribution in [-0.2, 0) is 0 Å². The monoisotopic (exact) mass is 303 g/mol. The first kappa shape index (κ1) is 13.6. The number of H-pyrrole nitrogens is 1. The van der Waals surface area contributed by atoms with E-state index >= 15 is 0 Å². The van der Waals surface area contributed by atoms with Gasteiger partial charge < -0.3 is 9.72 Å². The van der Waals surface area contributed by atoms with Crippen molar-refractivity contribution in [1.29, 1.82) is 0 Å². The van der Waals surface area contributed by atoms with Crippen LogP contribution in [0.3, 0.4) is 0 Å². The minimum absolute atomic E-state index is 0.0965. The molecule has 21 heavy (non-hydrogen) atoms. The lowest BCUT2D eigenvalue weighted by molar-refractivity contribution is 0.103. The van der Waals surface area contributed by atoms with E-state index < -0.39 is 11.6 Å². The summed E-state index contributed by atoms with van der Waals surface area (Å²) in [7, 11) is 1.40. The third-order valence-corrected chi connectivity index (χ3v) is 3.64. The topological polar surface area (TPSA) is 42.1 Å². The lowest BCUT2D eigenvalue weighted by Crippen LogP contribution is -2.06. The second kappa shape index (κ2) is 5.22. The molecule has 0 atom stereocenters. The Morgan fingerprint density at radius 2 is 2.00 bits per heavy atom. The fourth-order valence-electron chi connectivity index (χ4n) is 2.35. The van der Waals surface area contributed by atoms with E-state index in [4.69, 9.17) is 16.3 Å². The second-order valence-corrected chi connectivity index (χ2v) is 4.92. The molecule has 3 rings (SSSR count). The van der Waals surface area contributed by atoms with Crippen molar-refractivity contribution in [1.82, 2.24) is 4.98 Å². The number of methoxy groups -OCH3 is 1. The molecule has 2 aromatic carbocycles. The standard InChI is InChI=1S/C16H11ClFNO2/c1-21-13-7-3-5-11(18)15(13)16(20)9-8-19-12-6-2-4-10(17)14(9)12/h2-8,19H,1H3. The SMILES string of the molecule is COc1cccc(F)c1C(=O)c1c[nH]c2cccc(Cl)c12. The van der Waals surface area contributed by atoms with Crippen molar-refractivity contribution in [2.24, 2.45) is 0 Å². The number of ketones is 1. The van der Waals surface area contributed by atoms with Crippen LogP contribution in [0.4, 0.5) is 4.39 Å². The first-order valence-corrected chi connectivity index (χ1v) is 6.64. The van der Waals surface area contributed by atoms with Crippen molar-refractivity contribution in [2.75, 3.05) is 7.11 Å². The van der Waals surface area contributed by atoms with E-state index in [-0.39, 0.29) is 11.3 Å². The molecule has 106 valence electrons. The molecule has 1 N–H and O–H groups in total. The smallest absolute Gasteiger partial charge is 0.201 e. The van der Waals surface area contributed by atoms with Crippen LogP contribution in [0.15, 0.2) is 42.6 Å². The first-order valence-electron chi connectivity index (χ1n) is 6.26. The molecule has 0 aliphatic carbocycles. The van der Waals surface area contributed by atoms with Crippen LogP contribution in [-0.4, -0.2) is 17.9 Å². The van der Waals surface area contributed by atoms with Crippen molar-refractivity contribution < 1.29 is 13.9 Å². The predicted molar refractivity (Wildman–Crippen MR) is 79.7 cm³/mol. The van der Waals surface area contributed by atoms with Crippen LogP contribution in [0.2, 0.25) is 5.02 Å². The fourth-order valence-corrected chi connectivity index (χ4v) is 2.63. The van der Waals surface area contributed by atoms with Crippen molar-refractivity contribution >= 4 is 28.3 Å². The molecule has 0 saturated carbocycles. The maximum atomic E-state index is 14.0. The Balaban J connectivity index is 2.23. The third-order valence-electron chi connectivity index (χ3n) is 3.32. The number of fused-ring (bicyclic) bond motifs is 1. The Morgan fingerprint density at radius 1 is 1.24 bits per heavy atom. The molecule has 1 heterocycles. The van der Waals surface area contributed by atoms with Crippen molar-refractivity contribution in [2.45, 2.75) is 0 Å². The summed E-state index contributed by atoms with van der Waals surface area (Å²) in [6.07, 6.45) is 1.53. The van der Waals surface area contributed by atoms with Crippen LogP contribution in [0, 0.1) is 5.82 Å². The van der Waals surface area contributed by atoms with Crippen LogP contribution >= 0.6 is 11.6 Å². The summed E-state index contributed by atoms with van der Waals surface area (Å²) in [6, 6.07) is 9.54. The zero-order chi connectivity index (χ0) is 15.0. The highest BCUT2D eigenvalue weighted by Crippen LogP contribution is 2.31. The summed E-state index contributed by atoms with van der Waals surface area (Å²) in [5, 5.41) is 1.02. The Hall–Kier alpha value is -2.33. The van der Waals surface area contributed by atoms with Crippen molar-refractivity contribution in [3.8, 4) is 5.75 Å². The minimum atomic E-state index is -0.624. The maximum Gasteiger partial charge on any atom is 0.201 e. The van der Waals surface area contributed by atoms with E-state index in [9.17, 15) is 9.18 Å². The number of rotatable bonds is 3. The molecule has 3 aromatic rings. The molecule has 0 aliphatic rings. The molecule has 0 unspecified atom stereocenters. The van der Waals surface area contributed by atoms with E-state index in [1.807, 2.05) is 0 Å². The van der Waals surface area contributed by atoms with Gasteiger partial charge in [-0.2, -0.15) is 0 Å². The van der Waals surface area contributed by atoms with Gasteiger partial charge in [0.1, 0.15) is 17.1 Å². The van der Waals surface area contributed by atoms with Crippen molar-refractivity contribution in [3.05, 3.63) is 64.6 Å². The number of ether oxygens (including phenoxy) is 1. The normalized spacial score (nSPS) is 10.8. The summed E-state index contributed by atoms with van der Waals surface area (Å²) < 4.78 is 19.1. The quantitative estimate of drug-likeness (QED) is 0.737. The molecule has 0 spiro atoms. The van der Waals surface area contributed by atoms with E-state index in [0.717, 1.165) is 5.52 Å². The maximum absolute atomic E-state index is 14.0. The number of aromatic amines is 1. The number of hydrogen-bond acceptors (Lipinski definition) is 2. The lowest BCUT2D eigenvalue weighted by atomic mass is 10.0. The van der Waals surface area contributed by atoms with Crippen LogP contribution < -0.4 is 4.74 Å². The molecule has 0 radical (unpaired) electrons. The Morgan fingerprint density at radius 3 is 2.76 bits per heavy atom. The van der Waals surface area contributed by atoms with Gasteiger partial charge >= 0.3 is 0 Å². The van der Waals surface area contributed by atoms with E-state index in [1.54, 1.807) is 24.3 Å². The van der Waals surface area contributed by atoms with Gasteiger partial charge in [0, 0.05) is 22.7 Å². The summed E-state index contributed by atoms with van der Waals surface area (Å²) in [6.45, 7) is 0. The Bertz CT molecular complexity index is 841. The van der Waals surface area contributed by atoms with E-state index in [1.165, 1.54) is 25.4 Å². The molecular formula is C16H11ClFNO2. The van der Waals surface area contributed by atoms with Crippen LogP contribution in [0.5, 0.6) is 5.75 Å². The summed E-state index contributed by atoms with van der Waals surface area (Å²) in [5.74, 6) is -0.897. The van der Waals surface area contributed by atoms with Gasteiger partial charge in [0.25, 0.3) is 0 Å². The number of carbonyl (C=O) groups excluding carboxylic acids is 1. The largest absolute Gasteiger partial charge is 0.496 e. The highest BCUT2D eigenvalue weighted by Gasteiger charge is 2.22. The average molecular weight is 304 g/mol. The molecule has 3 nitrogen and oxygen atoms in total. The zero-order valence-corrected chi connectivity index (χ0v) is 11.9. The molecule has 0 saturated heterocycles. The number of carbonyl (C=O) groups is 1. The van der Waals surface area contributed by atoms with E-state index in [0.29, 0.717) is 16.0 Å². The Kier molecular flexibility index (Phi) is 3.39. The second-order valence-electron chi connectivity index (χ2n) is 4.51. The molecule has 1 aromatic heterocycles. The van der Waals surface area contributed by atoms with Gasteiger partial charge in [0.05, 0.1) is 12.1 Å². The molecule has 0 aliphatic heterocycles. The predicted octanol–water partition coefficient (Wildman–Crippen LogP) is 4.20. The van der Waals surface area contributed by atoms with Gasteiger partial charge in [-0.25, -0.2) is 4.39 Å². The minimum Gasteiger partial charge on any atom is -0.496 e. The van der Waals surface area contributed by atoms with Gasteiger partial charge in [0.2, 0.25) is 5.78 Å². The number of halogens is 2. The highest BCUT2D eigenvalue weighted by molar-refractivity contribution is 6.37. The number of benzene rings is 2. The van der Waals surface area contributed by atoms with Gasteiger partial charge in [-0.05, 0) is 24.3 Å². The molecule has 0 bridgehead atoms. The number of hydrogen-bond donors (Lipinski definition) is 1. The van der Waals surface area contributed by atoms with Gasteiger partial charge in [-0.3, -0.25) is 4.79 Å². The molecular weight excluding hydrogens is 293 g/mol. The van der Waals surface area contributed by atoms with Crippen LogP contribution in [0.25, 0.3) is 10.9 Å². The number of aromatic nitrogens is 1. The van der Waals surface area contributed by atoms with Crippen LogP contribution in [0.1, 0.15) is 15.9 Å². The molecule has 5 heteroatoms. The molecule has 0 fully saturated rings. The third kappa shape index (κ3) is 2.17.